The van der Waals surface area contributed by atoms with E-state index in [-0.39, 0.29) is 5.92 Å². The molecule has 2 aromatic rings. The average molecular weight is 413 g/mol. The van der Waals surface area contributed by atoms with E-state index in [2.05, 4.69) is 10.2 Å². The van der Waals surface area contributed by atoms with Crippen molar-refractivity contribution in [1.29, 1.82) is 0 Å². The van der Waals surface area contributed by atoms with Gasteiger partial charge in [0.15, 0.2) is 0 Å². The number of hydrogen-bond acceptors (Lipinski definition) is 4. The van der Waals surface area contributed by atoms with E-state index in [9.17, 15) is 8.42 Å². The monoisotopic (exact) mass is 412 g/mol. The van der Waals surface area contributed by atoms with E-state index >= 15 is 0 Å². The first-order valence-electron chi connectivity index (χ1n) is 9.11. The molecule has 1 fully saturated rings. The second-order valence-electron chi connectivity index (χ2n) is 6.50. The van der Waals surface area contributed by atoms with Gasteiger partial charge in [-0.1, -0.05) is 25.4 Å². The molecule has 1 aliphatic heterocycles. The summed E-state index contributed by atoms with van der Waals surface area (Å²) in [6, 6.07) is 9.13. The van der Waals surface area contributed by atoms with Crippen LogP contribution in [0.4, 0.5) is 0 Å². The molecular formula is C18H25ClN4O3S. The molecule has 0 spiro atoms. The minimum absolute atomic E-state index is 0.0934. The van der Waals surface area contributed by atoms with Gasteiger partial charge in [-0.2, -0.15) is 22.1 Å². The molecule has 0 bridgehead atoms. The number of nitrogens with zero attached hydrogens (tertiary/aromatic N) is 3. The predicted molar refractivity (Wildman–Crippen MR) is 105 cm³/mol. The Labute approximate surface area is 165 Å². The Kier molecular flexibility index (Phi) is 6.41. The highest BCUT2D eigenvalue weighted by Crippen LogP contribution is 2.29. The molecule has 0 aliphatic carbocycles. The van der Waals surface area contributed by atoms with E-state index in [0.717, 1.165) is 23.6 Å². The lowest BCUT2D eigenvalue weighted by molar-refractivity contribution is 0.301. The normalized spacial score (nSPS) is 18.3. The molecule has 27 heavy (non-hydrogen) atoms. The molecule has 7 nitrogen and oxygen atoms in total. The third-order valence-electron chi connectivity index (χ3n) is 4.79. The summed E-state index contributed by atoms with van der Waals surface area (Å²) >= 11 is 5.87. The van der Waals surface area contributed by atoms with Crippen LogP contribution in [0.2, 0.25) is 5.02 Å². The zero-order valence-corrected chi connectivity index (χ0v) is 17.1. The standard InChI is InChI=1S/C18H25ClN4O3S/c1-3-22(4-2)27(24,25)23-10-9-14(12-23)18-11-16(20-21-18)13-26-17-7-5-15(19)6-8-17/h5-8,11,14H,3-4,9-10,12-13H2,1-2H3,(H,20,21)/t14-/m0/s1. The maximum atomic E-state index is 12.7. The fourth-order valence-electron chi connectivity index (χ4n) is 3.25. The Morgan fingerprint density at radius 1 is 1.30 bits per heavy atom. The van der Waals surface area contributed by atoms with Crippen LogP contribution in [0.25, 0.3) is 0 Å². The van der Waals surface area contributed by atoms with E-state index in [0.29, 0.717) is 37.8 Å². The number of benzene rings is 1. The molecule has 0 radical (unpaired) electrons. The molecular weight excluding hydrogens is 388 g/mol. The number of aromatic nitrogens is 2. The third-order valence-corrected chi connectivity index (χ3v) is 7.19. The lowest BCUT2D eigenvalue weighted by Crippen LogP contribution is -2.42. The molecule has 1 saturated heterocycles. The van der Waals surface area contributed by atoms with Gasteiger partial charge in [0.1, 0.15) is 12.4 Å². The van der Waals surface area contributed by atoms with Gasteiger partial charge in [0, 0.05) is 37.1 Å². The van der Waals surface area contributed by atoms with Gasteiger partial charge in [-0.05, 0) is 36.8 Å². The summed E-state index contributed by atoms with van der Waals surface area (Å²) in [5, 5.41) is 8.01. The van der Waals surface area contributed by atoms with Gasteiger partial charge >= 0.3 is 0 Å². The van der Waals surface area contributed by atoms with Crippen molar-refractivity contribution in [2.75, 3.05) is 26.2 Å². The summed E-state index contributed by atoms with van der Waals surface area (Å²) in [5.74, 6) is 0.823. The van der Waals surface area contributed by atoms with Gasteiger partial charge in [0.2, 0.25) is 0 Å². The maximum absolute atomic E-state index is 12.7. The number of H-pyrrole nitrogens is 1. The average Bonchev–Trinajstić information content (AvgIpc) is 3.32. The molecule has 1 aromatic carbocycles. The van der Waals surface area contributed by atoms with Gasteiger partial charge in [-0.15, -0.1) is 0 Å². The fraction of sp³-hybridized carbons (Fsp3) is 0.500. The Bertz CT molecular complexity index is 850. The smallest absolute Gasteiger partial charge is 0.281 e. The highest BCUT2D eigenvalue weighted by molar-refractivity contribution is 7.86. The maximum Gasteiger partial charge on any atom is 0.281 e. The van der Waals surface area contributed by atoms with Crippen LogP contribution in [0.5, 0.6) is 5.75 Å². The van der Waals surface area contributed by atoms with Crippen molar-refractivity contribution in [2.24, 2.45) is 0 Å². The number of rotatable bonds is 8. The SMILES string of the molecule is CCN(CC)S(=O)(=O)N1CC[C@H](c2cc(COc3ccc(Cl)cc3)[nH]n2)C1. The molecule has 1 aliphatic rings. The molecule has 3 rings (SSSR count). The van der Waals surface area contributed by atoms with E-state index < -0.39 is 10.2 Å². The molecule has 9 heteroatoms. The highest BCUT2D eigenvalue weighted by Gasteiger charge is 2.35. The Morgan fingerprint density at radius 2 is 2.00 bits per heavy atom. The van der Waals surface area contributed by atoms with Crippen molar-refractivity contribution in [3.05, 3.63) is 46.7 Å². The quantitative estimate of drug-likeness (QED) is 0.722. The largest absolute Gasteiger partial charge is 0.487 e. The van der Waals surface area contributed by atoms with E-state index in [1.54, 1.807) is 16.4 Å². The number of nitrogens with one attached hydrogen (secondary N) is 1. The lowest BCUT2D eigenvalue weighted by atomic mass is 10.1. The summed E-state index contributed by atoms with van der Waals surface area (Å²) in [4.78, 5) is 0. The van der Waals surface area contributed by atoms with E-state index in [1.807, 2.05) is 32.0 Å². The van der Waals surface area contributed by atoms with E-state index in [4.69, 9.17) is 16.3 Å². The highest BCUT2D eigenvalue weighted by atomic mass is 35.5. The van der Waals surface area contributed by atoms with Crippen molar-refractivity contribution < 1.29 is 13.2 Å². The first kappa shape index (κ1) is 20.1. The minimum Gasteiger partial charge on any atom is -0.487 e. The number of aromatic amines is 1. The lowest BCUT2D eigenvalue weighted by Gasteiger charge is -2.25. The molecule has 0 saturated carbocycles. The molecule has 1 atom stereocenters. The van der Waals surface area contributed by atoms with Crippen molar-refractivity contribution in [1.82, 2.24) is 18.8 Å². The van der Waals surface area contributed by atoms with Crippen molar-refractivity contribution in [3.8, 4) is 5.75 Å². The third kappa shape index (κ3) is 4.63. The van der Waals surface area contributed by atoms with E-state index in [1.165, 1.54) is 4.31 Å². The van der Waals surface area contributed by atoms with Crippen LogP contribution in [0.1, 0.15) is 37.6 Å². The topological polar surface area (TPSA) is 78.5 Å². The zero-order valence-electron chi connectivity index (χ0n) is 15.6. The Balaban J connectivity index is 1.59. The molecule has 1 N–H and O–H groups in total. The Morgan fingerprint density at radius 3 is 2.67 bits per heavy atom. The number of halogens is 1. The van der Waals surface area contributed by atoms with Crippen molar-refractivity contribution in [3.63, 3.8) is 0 Å². The van der Waals surface area contributed by atoms with Gasteiger partial charge in [0.25, 0.3) is 10.2 Å². The molecule has 2 heterocycles. The number of ether oxygens (including phenoxy) is 1. The summed E-state index contributed by atoms with van der Waals surface area (Å²) in [7, 11) is -3.39. The molecule has 148 valence electrons. The van der Waals surface area contributed by atoms with Crippen LogP contribution >= 0.6 is 11.6 Å². The van der Waals surface area contributed by atoms with Gasteiger partial charge in [0.05, 0.1) is 11.4 Å². The van der Waals surface area contributed by atoms with Crippen LogP contribution in [-0.4, -0.2) is 53.4 Å². The van der Waals surface area contributed by atoms with Crippen LogP contribution in [-0.2, 0) is 16.8 Å². The van der Waals surface area contributed by atoms with Crippen molar-refractivity contribution >= 4 is 21.8 Å². The van der Waals surface area contributed by atoms with Crippen LogP contribution in [0.3, 0.4) is 0 Å². The minimum atomic E-state index is -3.39. The summed E-state index contributed by atoms with van der Waals surface area (Å²) in [6.07, 6.45) is 0.767. The van der Waals surface area contributed by atoms with Crippen LogP contribution < -0.4 is 4.74 Å². The van der Waals surface area contributed by atoms with Crippen LogP contribution in [0, 0.1) is 0 Å². The summed E-state index contributed by atoms with van der Waals surface area (Å²) < 4.78 is 34.1. The fourth-order valence-corrected chi connectivity index (χ4v) is 5.06. The molecule has 0 unspecified atom stereocenters. The summed E-state index contributed by atoms with van der Waals surface area (Å²) in [5.41, 5.74) is 1.73. The first-order valence-corrected chi connectivity index (χ1v) is 10.9. The molecule has 0 amide bonds. The first-order chi connectivity index (χ1) is 12.9. The predicted octanol–water partition coefficient (Wildman–Crippen LogP) is 3.02. The Hall–Kier alpha value is -1.61. The summed E-state index contributed by atoms with van der Waals surface area (Å²) in [6.45, 7) is 6.02. The zero-order chi connectivity index (χ0) is 19.4. The van der Waals surface area contributed by atoms with Crippen molar-refractivity contribution in [2.45, 2.75) is 32.8 Å². The van der Waals surface area contributed by atoms with Gasteiger partial charge in [-0.3, -0.25) is 5.10 Å². The second-order valence-corrected chi connectivity index (χ2v) is 8.86. The number of hydrogen-bond donors (Lipinski definition) is 1. The van der Waals surface area contributed by atoms with Crippen LogP contribution in [0.15, 0.2) is 30.3 Å². The second kappa shape index (κ2) is 8.60. The molecule has 1 aromatic heterocycles. The van der Waals surface area contributed by atoms with Gasteiger partial charge < -0.3 is 4.74 Å². The van der Waals surface area contributed by atoms with Gasteiger partial charge in [-0.25, -0.2) is 0 Å².